The van der Waals surface area contributed by atoms with E-state index in [0.29, 0.717) is 5.95 Å². The minimum Gasteiger partial charge on any atom is -0.378 e. The van der Waals surface area contributed by atoms with Crippen LogP contribution in [0.5, 0.6) is 0 Å². The van der Waals surface area contributed by atoms with Gasteiger partial charge in [-0.1, -0.05) is 0 Å². The highest BCUT2D eigenvalue weighted by atomic mass is 32.1. The molecular weight excluding hydrogens is 450 g/mol. The molecule has 0 radical (unpaired) electrons. The third-order valence-corrected chi connectivity index (χ3v) is 8.85. The number of carbonyl (C=O) groups is 1. The molecule has 1 saturated heterocycles. The Morgan fingerprint density at radius 3 is 2.79 bits per heavy atom. The summed E-state index contributed by atoms with van der Waals surface area (Å²) in [5.41, 5.74) is 1.49. The van der Waals surface area contributed by atoms with Crippen molar-refractivity contribution in [3.63, 3.8) is 0 Å². The van der Waals surface area contributed by atoms with Gasteiger partial charge in [-0.3, -0.25) is 14.4 Å². The van der Waals surface area contributed by atoms with Crippen molar-refractivity contribution in [2.45, 2.75) is 37.8 Å². The quantitative estimate of drug-likeness (QED) is 0.581. The van der Waals surface area contributed by atoms with Gasteiger partial charge < -0.3 is 15.0 Å². The van der Waals surface area contributed by atoms with E-state index in [0.717, 1.165) is 59.7 Å². The Labute approximate surface area is 202 Å². The monoisotopic (exact) mass is 479 g/mol. The average molecular weight is 480 g/mol. The molecule has 2 aliphatic heterocycles. The number of hydrogen-bond acceptors (Lipinski definition) is 8. The second-order valence-corrected chi connectivity index (χ2v) is 10.9. The molecule has 1 saturated carbocycles. The van der Waals surface area contributed by atoms with Gasteiger partial charge in [-0.15, -0.1) is 11.3 Å². The number of hydrogen-bond donors (Lipinski definition) is 1. The molecular formula is C24H29N7O2S. The summed E-state index contributed by atoms with van der Waals surface area (Å²) in [4.78, 5) is 29.1. The summed E-state index contributed by atoms with van der Waals surface area (Å²) in [5, 5.41) is 7.36. The normalized spacial score (nSPS) is 20.7. The molecule has 2 fully saturated rings. The molecule has 1 amide bonds. The minimum absolute atomic E-state index is 0.114. The van der Waals surface area contributed by atoms with Gasteiger partial charge in [-0.25, -0.2) is 9.97 Å². The predicted octanol–water partition coefficient (Wildman–Crippen LogP) is 3.24. The van der Waals surface area contributed by atoms with Gasteiger partial charge in [0.2, 0.25) is 5.95 Å². The molecule has 0 atom stereocenters. The standard InChI is InChI=1S/C24H29N7O2S/c1-23(2)20-16(21(32)31(23)11-10-30-12-13-33-15-24(30)6-7-24)14-18(34-20)17-4-8-25-22(27-17)28-19-5-9-26-29(19)3/h4-5,8-9,14H,6-7,10-13,15H2,1-3H3,(H,25,27,28). The second-order valence-electron chi connectivity index (χ2n) is 9.86. The Morgan fingerprint density at radius 2 is 2.06 bits per heavy atom. The first-order valence-electron chi connectivity index (χ1n) is 11.7. The van der Waals surface area contributed by atoms with Gasteiger partial charge in [0, 0.05) is 49.4 Å². The number of aryl methyl sites for hydroxylation is 1. The van der Waals surface area contributed by atoms with E-state index >= 15 is 0 Å². The van der Waals surface area contributed by atoms with Crippen LogP contribution in [-0.2, 0) is 17.3 Å². The van der Waals surface area contributed by atoms with E-state index in [2.05, 4.69) is 39.1 Å². The summed E-state index contributed by atoms with van der Waals surface area (Å²) < 4.78 is 7.44. The lowest BCUT2D eigenvalue weighted by atomic mass is 10.0. The minimum atomic E-state index is -0.346. The van der Waals surface area contributed by atoms with Gasteiger partial charge in [0.1, 0.15) is 5.82 Å². The first-order valence-corrected chi connectivity index (χ1v) is 12.6. The molecule has 3 aromatic heterocycles. The summed E-state index contributed by atoms with van der Waals surface area (Å²) in [6.07, 6.45) is 5.87. The van der Waals surface area contributed by atoms with Crippen LogP contribution in [0.3, 0.4) is 0 Å². The Bertz CT molecular complexity index is 1250. The van der Waals surface area contributed by atoms with Gasteiger partial charge in [0.15, 0.2) is 0 Å². The van der Waals surface area contributed by atoms with Crippen LogP contribution >= 0.6 is 11.3 Å². The van der Waals surface area contributed by atoms with Crippen molar-refractivity contribution in [3.05, 3.63) is 41.0 Å². The number of aromatic nitrogens is 4. The first kappa shape index (κ1) is 21.7. The highest BCUT2D eigenvalue weighted by Crippen LogP contribution is 2.47. The van der Waals surface area contributed by atoms with Gasteiger partial charge in [-0.05, 0) is 38.8 Å². The zero-order valence-corrected chi connectivity index (χ0v) is 20.6. The number of carbonyl (C=O) groups excluding carboxylic acids is 1. The number of anilines is 2. The average Bonchev–Trinajstić information content (AvgIpc) is 3.18. The Kier molecular flexibility index (Phi) is 5.02. The molecule has 3 aromatic rings. The number of rotatable bonds is 6. The fourth-order valence-electron chi connectivity index (χ4n) is 5.14. The van der Waals surface area contributed by atoms with Crippen molar-refractivity contribution < 1.29 is 9.53 Å². The summed E-state index contributed by atoms with van der Waals surface area (Å²) in [6.45, 7) is 8.50. The van der Waals surface area contributed by atoms with E-state index in [1.807, 2.05) is 30.1 Å². The van der Waals surface area contributed by atoms with E-state index in [-0.39, 0.29) is 17.0 Å². The molecule has 0 bridgehead atoms. The van der Waals surface area contributed by atoms with Gasteiger partial charge in [0.25, 0.3) is 5.91 Å². The molecule has 10 heteroatoms. The molecule has 9 nitrogen and oxygen atoms in total. The van der Waals surface area contributed by atoms with Crippen LogP contribution in [0.25, 0.3) is 10.6 Å². The zero-order chi connectivity index (χ0) is 23.5. The maximum absolute atomic E-state index is 13.5. The van der Waals surface area contributed by atoms with Crippen LogP contribution in [0.4, 0.5) is 11.8 Å². The van der Waals surface area contributed by atoms with Crippen molar-refractivity contribution in [1.82, 2.24) is 29.5 Å². The SMILES string of the molecule is Cn1nccc1Nc1nccc(-c2cc3c(s2)C(C)(C)N(CCN2CCOCC24CC4)C3=O)n1. The number of nitrogens with zero attached hydrogens (tertiary/aromatic N) is 6. The maximum atomic E-state index is 13.5. The molecule has 178 valence electrons. The van der Waals surface area contributed by atoms with Crippen LogP contribution in [-0.4, -0.2) is 73.8 Å². The molecule has 34 heavy (non-hydrogen) atoms. The van der Waals surface area contributed by atoms with Crippen molar-refractivity contribution in [3.8, 4) is 10.6 Å². The number of amides is 1. The van der Waals surface area contributed by atoms with E-state index in [4.69, 9.17) is 4.74 Å². The van der Waals surface area contributed by atoms with Crippen LogP contribution in [0.1, 0.15) is 41.9 Å². The molecule has 5 heterocycles. The molecule has 1 spiro atoms. The lowest BCUT2D eigenvalue weighted by Crippen LogP contribution is -2.51. The largest absolute Gasteiger partial charge is 0.378 e. The van der Waals surface area contributed by atoms with Crippen molar-refractivity contribution in [2.75, 3.05) is 38.2 Å². The van der Waals surface area contributed by atoms with E-state index in [1.54, 1.807) is 28.4 Å². The van der Waals surface area contributed by atoms with E-state index in [1.165, 1.54) is 12.8 Å². The van der Waals surface area contributed by atoms with E-state index < -0.39 is 0 Å². The fourth-order valence-corrected chi connectivity index (χ4v) is 6.37. The lowest BCUT2D eigenvalue weighted by Gasteiger charge is -2.39. The predicted molar refractivity (Wildman–Crippen MR) is 130 cm³/mol. The van der Waals surface area contributed by atoms with Crippen LogP contribution < -0.4 is 5.32 Å². The first-order chi connectivity index (χ1) is 16.4. The van der Waals surface area contributed by atoms with Gasteiger partial charge in [0.05, 0.1) is 41.1 Å². The number of ether oxygens (including phenoxy) is 1. The zero-order valence-electron chi connectivity index (χ0n) is 19.7. The second kappa shape index (κ2) is 7.86. The third kappa shape index (κ3) is 3.52. The van der Waals surface area contributed by atoms with Crippen molar-refractivity contribution >= 4 is 29.0 Å². The number of thiophene rings is 1. The van der Waals surface area contributed by atoms with Crippen LogP contribution in [0.2, 0.25) is 0 Å². The fraction of sp³-hybridized carbons (Fsp3) is 0.500. The Balaban J connectivity index is 1.21. The summed E-state index contributed by atoms with van der Waals surface area (Å²) in [6, 6.07) is 5.75. The number of morpholine rings is 1. The summed E-state index contributed by atoms with van der Waals surface area (Å²) >= 11 is 1.65. The van der Waals surface area contributed by atoms with Crippen LogP contribution in [0, 0.1) is 0 Å². The van der Waals surface area contributed by atoms with Gasteiger partial charge >= 0.3 is 0 Å². The molecule has 6 rings (SSSR count). The number of nitrogens with one attached hydrogen (secondary N) is 1. The molecule has 3 aliphatic rings. The molecule has 1 aliphatic carbocycles. The van der Waals surface area contributed by atoms with Gasteiger partial charge in [-0.2, -0.15) is 5.10 Å². The highest BCUT2D eigenvalue weighted by Gasteiger charge is 2.51. The molecule has 0 aromatic carbocycles. The van der Waals surface area contributed by atoms with E-state index in [9.17, 15) is 4.79 Å². The highest BCUT2D eigenvalue weighted by molar-refractivity contribution is 7.16. The molecule has 1 N–H and O–H groups in total. The van der Waals surface area contributed by atoms with Crippen LogP contribution in [0.15, 0.2) is 30.6 Å². The van der Waals surface area contributed by atoms with Crippen molar-refractivity contribution in [2.24, 2.45) is 7.05 Å². The smallest absolute Gasteiger partial charge is 0.255 e. The summed E-state index contributed by atoms with van der Waals surface area (Å²) in [7, 11) is 1.86. The number of fused-ring (bicyclic) bond motifs is 1. The third-order valence-electron chi connectivity index (χ3n) is 7.37. The molecule has 0 unspecified atom stereocenters. The topological polar surface area (TPSA) is 88.4 Å². The van der Waals surface area contributed by atoms with Crippen molar-refractivity contribution in [1.29, 1.82) is 0 Å². The Hall–Kier alpha value is -2.82. The lowest BCUT2D eigenvalue weighted by molar-refractivity contribution is -0.0256. The maximum Gasteiger partial charge on any atom is 0.255 e. The Morgan fingerprint density at radius 1 is 1.21 bits per heavy atom. The summed E-state index contributed by atoms with van der Waals surface area (Å²) in [5.74, 6) is 1.43.